The number of aromatic nitrogens is 1. The maximum absolute atomic E-state index is 14.4. The summed E-state index contributed by atoms with van der Waals surface area (Å²) in [6.07, 6.45) is 0. The smallest absolute Gasteiger partial charge is 0.262 e. The second-order valence-corrected chi connectivity index (χ2v) is 8.06. The summed E-state index contributed by atoms with van der Waals surface area (Å²) in [5.74, 6) is -1.60. The molecule has 2 heterocycles. The number of amides is 2. The SMILES string of the molecule is Cn1c(Nc2ccc(I)cc2F)c(C(N)=O)c(Oc2cccc3c2OCC(=O)N3)cc1=O. The van der Waals surface area contributed by atoms with E-state index in [4.69, 9.17) is 15.2 Å². The summed E-state index contributed by atoms with van der Waals surface area (Å²) in [4.78, 5) is 36.5. The number of primary amides is 1. The van der Waals surface area contributed by atoms with Gasteiger partial charge in [0.15, 0.2) is 18.1 Å². The molecule has 4 N–H and O–H groups in total. The van der Waals surface area contributed by atoms with Crippen molar-refractivity contribution in [2.45, 2.75) is 0 Å². The van der Waals surface area contributed by atoms with Crippen molar-refractivity contribution in [2.75, 3.05) is 17.2 Å². The molecule has 0 atom stereocenters. The topological polar surface area (TPSA) is 125 Å². The van der Waals surface area contributed by atoms with Crippen molar-refractivity contribution in [1.29, 1.82) is 0 Å². The molecule has 2 aromatic carbocycles. The van der Waals surface area contributed by atoms with Crippen molar-refractivity contribution in [3.8, 4) is 17.2 Å². The van der Waals surface area contributed by atoms with Crippen LogP contribution >= 0.6 is 22.6 Å². The van der Waals surface area contributed by atoms with E-state index in [1.165, 1.54) is 19.2 Å². The van der Waals surface area contributed by atoms with Gasteiger partial charge >= 0.3 is 0 Å². The Balaban J connectivity index is 1.82. The zero-order valence-corrected chi connectivity index (χ0v) is 18.7. The van der Waals surface area contributed by atoms with Gasteiger partial charge in [0.1, 0.15) is 22.9 Å². The van der Waals surface area contributed by atoms with Gasteiger partial charge in [-0.15, -0.1) is 0 Å². The van der Waals surface area contributed by atoms with Crippen LogP contribution in [0.25, 0.3) is 0 Å². The lowest BCUT2D eigenvalue weighted by Gasteiger charge is -2.22. The second-order valence-electron chi connectivity index (χ2n) is 6.81. The number of anilines is 3. The van der Waals surface area contributed by atoms with E-state index < -0.39 is 17.3 Å². The monoisotopic (exact) mass is 550 g/mol. The number of halogens is 2. The molecular weight excluding hydrogens is 534 g/mol. The van der Waals surface area contributed by atoms with Gasteiger partial charge in [0.25, 0.3) is 17.4 Å². The summed E-state index contributed by atoms with van der Waals surface area (Å²) in [6.45, 7) is -0.217. The largest absolute Gasteiger partial charge is 0.478 e. The summed E-state index contributed by atoms with van der Waals surface area (Å²) in [5, 5.41) is 5.41. The molecule has 0 aliphatic carbocycles. The van der Waals surface area contributed by atoms with Gasteiger partial charge in [0, 0.05) is 16.7 Å². The van der Waals surface area contributed by atoms with Crippen LogP contribution in [0.4, 0.5) is 21.6 Å². The fourth-order valence-corrected chi connectivity index (χ4v) is 3.60. The third-order valence-electron chi connectivity index (χ3n) is 4.65. The van der Waals surface area contributed by atoms with Gasteiger partial charge < -0.3 is 25.8 Å². The van der Waals surface area contributed by atoms with Crippen LogP contribution in [0.3, 0.4) is 0 Å². The van der Waals surface area contributed by atoms with E-state index in [9.17, 15) is 18.8 Å². The molecule has 0 unspecified atom stereocenters. The molecule has 4 rings (SSSR count). The molecule has 11 heteroatoms. The number of hydrogen-bond donors (Lipinski definition) is 3. The van der Waals surface area contributed by atoms with Gasteiger partial charge in [-0.05, 0) is 52.9 Å². The molecule has 3 aromatic rings. The first-order valence-electron chi connectivity index (χ1n) is 9.24. The normalized spacial score (nSPS) is 12.4. The molecule has 0 spiro atoms. The number of pyridine rings is 1. The Morgan fingerprint density at radius 3 is 2.75 bits per heavy atom. The van der Waals surface area contributed by atoms with E-state index in [1.54, 1.807) is 24.3 Å². The third kappa shape index (κ3) is 4.10. The second kappa shape index (κ2) is 8.49. The molecule has 0 saturated carbocycles. The zero-order chi connectivity index (χ0) is 23.0. The Hall–Kier alpha value is -3.61. The standard InChI is InChI=1S/C21H16FIN4O5/c1-27-17(29)8-15(32-14-4-2-3-13-19(14)31-9-16(28)25-13)18(20(24)30)21(27)26-12-6-5-10(23)7-11(12)22/h2-8,26H,9H2,1H3,(H2,24,30)(H,25,28). The van der Waals surface area contributed by atoms with E-state index >= 15 is 0 Å². The van der Waals surface area contributed by atoms with Crippen LogP contribution in [0.1, 0.15) is 10.4 Å². The molecule has 164 valence electrons. The summed E-state index contributed by atoms with van der Waals surface area (Å²) in [5.41, 5.74) is 5.33. The number of nitrogens with zero attached hydrogens (tertiary/aromatic N) is 1. The van der Waals surface area contributed by atoms with Crippen molar-refractivity contribution >= 4 is 51.6 Å². The van der Waals surface area contributed by atoms with E-state index in [2.05, 4.69) is 10.6 Å². The fourth-order valence-electron chi connectivity index (χ4n) is 3.15. The third-order valence-corrected chi connectivity index (χ3v) is 5.33. The van der Waals surface area contributed by atoms with Crippen LogP contribution < -0.4 is 31.4 Å². The number of rotatable bonds is 5. The van der Waals surface area contributed by atoms with Crippen molar-refractivity contribution < 1.29 is 23.5 Å². The molecular formula is C21H16FIN4O5. The number of hydrogen-bond acceptors (Lipinski definition) is 6. The van der Waals surface area contributed by atoms with Gasteiger partial charge in [0.2, 0.25) is 0 Å². The van der Waals surface area contributed by atoms with Crippen LogP contribution in [0.5, 0.6) is 17.2 Å². The van der Waals surface area contributed by atoms with E-state index in [0.29, 0.717) is 9.26 Å². The zero-order valence-electron chi connectivity index (χ0n) is 16.6. The lowest BCUT2D eigenvalue weighted by atomic mass is 10.2. The number of benzene rings is 2. The summed E-state index contributed by atoms with van der Waals surface area (Å²) >= 11 is 1.96. The minimum absolute atomic E-state index is 0.0425. The van der Waals surface area contributed by atoms with Crippen molar-refractivity contribution in [1.82, 2.24) is 4.57 Å². The highest BCUT2D eigenvalue weighted by Crippen LogP contribution is 2.41. The Kier molecular flexibility index (Phi) is 5.74. The maximum atomic E-state index is 14.4. The minimum Gasteiger partial charge on any atom is -0.478 e. The molecule has 1 aliphatic heterocycles. The van der Waals surface area contributed by atoms with Crippen molar-refractivity contribution in [2.24, 2.45) is 12.8 Å². The lowest BCUT2D eigenvalue weighted by Crippen LogP contribution is -2.26. The number of carbonyl (C=O) groups is 2. The molecule has 9 nitrogen and oxygen atoms in total. The molecule has 32 heavy (non-hydrogen) atoms. The van der Waals surface area contributed by atoms with Crippen molar-refractivity contribution in [3.05, 3.63) is 67.8 Å². The van der Waals surface area contributed by atoms with Crippen LogP contribution in [-0.2, 0) is 11.8 Å². The first-order chi connectivity index (χ1) is 15.2. The molecule has 0 bridgehead atoms. The molecule has 1 aliphatic rings. The highest BCUT2D eigenvalue weighted by molar-refractivity contribution is 14.1. The highest BCUT2D eigenvalue weighted by Gasteiger charge is 2.25. The fraction of sp³-hybridized carbons (Fsp3) is 0.0952. The minimum atomic E-state index is -0.900. The van der Waals surface area contributed by atoms with Crippen LogP contribution in [0.15, 0.2) is 47.3 Å². The Bertz CT molecular complexity index is 1320. The summed E-state index contributed by atoms with van der Waals surface area (Å²) in [7, 11) is 1.41. The van der Waals surface area contributed by atoms with E-state index in [1.807, 2.05) is 22.6 Å². The van der Waals surface area contributed by atoms with Crippen LogP contribution in [0.2, 0.25) is 0 Å². The average Bonchev–Trinajstić information content (AvgIpc) is 2.73. The number of nitrogens with two attached hydrogens (primary N) is 1. The Morgan fingerprint density at radius 2 is 2.03 bits per heavy atom. The van der Waals surface area contributed by atoms with Gasteiger partial charge in [-0.2, -0.15) is 0 Å². The van der Waals surface area contributed by atoms with Crippen LogP contribution in [-0.4, -0.2) is 23.0 Å². The van der Waals surface area contributed by atoms with Gasteiger partial charge in [0.05, 0.1) is 11.4 Å². The summed E-state index contributed by atoms with van der Waals surface area (Å²) in [6, 6.07) is 10.3. The highest BCUT2D eigenvalue weighted by atomic mass is 127. The molecule has 2 amide bonds. The molecule has 1 aromatic heterocycles. The number of para-hydroxylation sites is 1. The summed E-state index contributed by atoms with van der Waals surface area (Å²) < 4.78 is 27.5. The first-order valence-corrected chi connectivity index (χ1v) is 10.3. The number of fused-ring (bicyclic) bond motifs is 1. The maximum Gasteiger partial charge on any atom is 0.262 e. The predicted molar refractivity (Wildman–Crippen MR) is 123 cm³/mol. The Morgan fingerprint density at radius 1 is 1.25 bits per heavy atom. The number of ether oxygens (including phenoxy) is 2. The quantitative estimate of drug-likeness (QED) is 0.420. The predicted octanol–water partition coefficient (Wildman–Crippen LogP) is 3.09. The molecule has 0 saturated heterocycles. The van der Waals surface area contributed by atoms with Gasteiger partial charge in [-0.25, -0.2) is 4.39 Å². The van der Waals surface area contributed by atoms with E-state index in [0.717, 1.165) is 10.6 Å². The van der Waals surface area contributed by atoms with E-state index in [-0.39, 0.29) is 46.8 Å². The van der Waals surface area contributed by atoms with Gasteiger partial charge in [-0.3, -0.25) is 19.0 Å². The molecule has 0 radical (unpaired) electrons. The molecule has 0 fully saturated rings. The Labute approximate surface area is 194 Å². The lowest BCUT2D eigenvalue weighted by molar-refractivity contribution is -0.118. The number of nitrogens with one attached hydrogen (secondary N) is 2. The number of carbonyl (C=O) groups excluding carboxylic acids is 2. The van der Waals surface area contributed by atoms with Crippen LogP contribution in [0, 0.1) is 9.39 Å². The first kappa shape index (κ1) is 21.6. The van der Waals surface area contributed by atoms with Gasteiger partial charge in [-0.1, -0.05) is 6.07 Å². The average molecular weight is 550 g/mol. The van der Waals surface area contributed by atoms with Crippen molar-refractivity contribution in [3.63, 3.8) is 0 Å².